The summed E-state index contributed by atoms with van der Waals surface area (Å²) in [5.41, 5.74) is 0.452. The molecule has 3 heterocycles. The van der Waals surface area contributed by atoms with Gasteiger partial charge in [0, 0.05) is 13.5 Å². The lowest BCUT2D eigenvalue weighted by atomic mass is 10.2. The first-order chi connectivity index (χ1) is 10.6. The van der Waals surface area contributed by atoms with E-state index in [1.54, 1.807) is 10.9 Å². The number of hydrogen-bond donors (Lipinski definition) is 3. The molecule has 3 aromatic heterocycles. The van der Waals surface area contributed by atoms with Crippen LogP contribution in [0.25, 0.3) is 11.0 Å². The Balaban J connectivity index is 1.99. The van der Waals surface area contributed by atoms with Crippen LogP contribution in [0.2, 0.25) is 0 Å². The summed E-state index contributed by atoms with van der Waals surface area (Å²) in [5, 5.41) is 14.6. The van der Waals surface area contributed by atoms with E-state index in [0.717, 1.165) is 29.7 Å². The van der Waals surface area contributed by atoms with Crippen LogP contribution in [0, 0.1) is 0 Å². The minimum absolute atomic E-state index is 0.202. The van der Waals surface area contributed by atoms with Crippen molar-refractivity contribution < 1.29 is 0 Å². The average Bonchev–Trinajstić information content (AvgIpc) is 3.07. The molecule has 0 fully saturated rings. The van der Waals surface area contributed by atoms with Crippen LogP contribution in [0.15, 0.2) is 11.0 Å². The molecular formula is C13H18N8O. The minimum atomic E-state index is -0.329. The summed E-state index contributed by atoms with van der Waals surface area (Å²) in [6, 6.07) is -0.202. The lowest BCUT2D eigenvalue weighted by Gasteiger charge is -2.13. The van der Waals surface area contributed by atoms with E-state index in [1.807, 2.05) is 14.0 Å². The summed E-state index contributed by atoms with van der Waals surface area (Å²) in [4.78, 5) is 22.9. The van der Waals surface area contributed by atoms with Crippen LogP contribution in [-0.4, -0.2) is 34.9 Å². The van der Waals surface area contributed by atoms with E-state index in [4.69, 9.17) is 0 Å². The zero-order chi connectivity index (χ0) is 15.7. The number of aryl methyl sites for hydroxylation is 2. The highest BCUT2D eigenvalue weighted by Crippen LogP contribution is 2.23. The summed E-state index contributed by atoms with van der Waals surface area (Å²) in [6.45, 7) is 3.98. The van der Waals surface area contributed by atoms with Gasteiger partial charge in [0.05, 0.1) is 17.6 Å². The van der Waals surface area contributed by atoms with Crippen LogP contribution >= 0.6 is 0 Å². The maximum Gasteiger partial charge on any atom is 0.340 e. The summed E-state index contributed by atoms with van der Waals surface area (Å²) in [5.74, 6) is 1.99. The molecule has 0 saturated carbocycles. The molecule has 1 atom stereocenters. The first kappa shape index (κ1) is 14.2. The molecule has 0 aliphatic heterocycles. The van der Waals surface area contributed by atoms with Crippen LogP contribution in [0.3, 0.4) is 0 Å². The fourth-order valence-corrected chi connectivity index (χ4v) is 2.27. The Bertz CT molecular complexity index is 845. The molecule has 0 spiro atoms. The summed E-state index contributed by atoms with van der Waals surface area (Å²) in [7, 11) is 1.85. The third-order valence-electron chi connectivity index (χ3n) is 3.39. The van der Waals surface area contributed by atoms with Crippen LogP contribution < -0.4 is 11.0 Å². The van der Waals surface area contributed by atoms with Gasteiger partial charge < -0.3 is 5.32 Å². The highest BCUT2D eigenvalue weighted by Gasteiger charge is 2.15. The van der Waals surface area contributed by atoms with E-state index in [0.29, 0.717) is 11.6 Å². The van der Waals surface area contributed by atoms with Crippen molar-refractivity contribution >= 4 is 16.9 Å². The van der Waals surface area contributed by atoms with Gasteiger partial charge in [-0.2, -0.15) is 10.2 Å². The van der Waals surface area contributed by atoms with Crippen LogP contribution in [0.4, 0.5) is 5.82 Å². The van der Waals surface area contributed by atoms with Gasteiger partial charge in [0.25, 0.3) is 0 Å². The monoisotopic (exact) mass is 302 g/mol. The molecule has 22 heavy (non-hydrogen) atoms. The highest BCUT2D eigenvalue weighted by molar-refractivity contribution is 5.86. The number of nitrogens with one attached hydrogen (secondary N) is 3. The lowest BCUT2D eigenvalue weighted by Crippen LogP contribution is -2.12. The predicted molar refractivity (Wildman–Crippen MR) is 81.5 cm³/mol. The molecule has 0 aromatic carbocycles. The number of hydrogen-bond acceptors (Lipinski definition) is 6. The van der Waals surface area contributed by atoms with Gasteiger partial charge in [0.15, 0.2) is 11.5 Å². The third-order valence-corrected chi connectivity index (χ3v) is 3.39. The van der Waals surface area contributed by atoms with Gasteiger partial charge in [0.1, 0.15) is 11.6 Å². The zero-order valence-electron chi connectivity index (χ0n) is 12.7. The van der Waals surface area contributed by atoms with Gasteiger partial charge in [-0.1, -0.05) is 6.92 Å². The fourth-order valence-electron chi connectivity index (χ4n) is 2.27. The van der Waals surface area contributed by atoms with Crippen LogP contribution in [-0.2, 0) is 13.5 Å². The van der Waals surface area contributed by atoms with Crippen molar-refractivity contribution in [3.8, 4) is 0 Å². The van der Waals surface area contributed by atoms with Gasteiger partial charge in [-0.3, -0.25) is 9.67 Å². The Hall–Kier alpha value is -2.71. The summed E-state index contributed by atoms with van der Waals surface area (Å²) in [6.07, 6.45) is 3.49. The first-order valence-corrected chi connectivity index (χ1v) is 7.18. The number of H-pyrrole nitrogens is 2. The van der Waals surface area contributed by atoms with Crippen molar-refractivity contribution in [3.05, 3.63) is 28.3 Å². The zero-order valence-corrected chi connectivity index (χ0v) is 12.7. The Morgan fingerprint density at radius 2 is 2.23 bits per heavy atom. The maximum atomic E-state index is 11.2. The van der Waals surface area contributed by atoms with E-state index < -0.39 is 0 Å². The first-order valence-electron chi connectivity index (χ1n) is 7.18. The second-order valence-electron chi connectivity index (χ2n) is 5.17. The van der Waals surface area contributed by atoms with Crippen molar-refractivity contribution in [2.24, 2.45) is 7.05 Å². The largest absolute Gasteiger partial charge is 0.360 e. The van der Waals surface area contributed by atoms with Crippen molar-refractivity contribution in [2.45, 2.75) is 32.7 Å². The molecule has 9 heteroatoms. The Labute approximate surface area is 126 Å². The second-order valence-corrected chi connectivity index (χ2v) is 5.17. The smallest absolute Gasteiger partial charge is 0.340 e. The van der Waals surface area contributed by atoms with Crippen molar-refractivity contribution in [1.82, 2.24) is 34.9 Å². The summed E-state index contributed by atoms with van der Waals surface area (Å²) >= 11 is 0. The van der Waals surface area contributed by atoms with Crippen LogP contribution in [0.5, 0.6) is 0 Å². The normalized spacial score (nSPS) is 12.7. The molecule has 3 rings (SSSR count). The van der Waals surface area contributed by atoms with E-state index in [-0.39, 0.29) is 11.7 Å². The van der Waals surface area contributed by atoms with Gasteiger partial charge in [0.2, 0.25) is 0 Å². The standard InChI is InChI=1S/C13H18N8O/c1-4-5-9-16-11(8-6-14-21(3)12(8)17-9)15-7(2)10-18-13(22)20-19-10/h6-7H,4-5H2,1-3H3,(H,15,16,17)(H2,18,19,20,22). The van der Waals surface area contributed by atoms with E-state index in [9.17, 15) is 4.79 Å². The van der Waals surface area contributed by atoms with Crippen LogP contribution in [0.1, 0.15) is 38.0 Å². The molecule has 0 aliphatic carbocycles. The van der Waals surface area contributed by atoms with Gasteiger partial charge in [-0.05, 0) is 13.3 Å². The van der Waals surface area contributed by atoms with E-state index in [1.165, 1.54) is 0 Å². The number of fused-ring (bicyclic) bond motifs is 1. The number of nitrogens with zero attached hydrogens (tertiary/aromatic N) is 5. The SMILES string of the molecule is CCCc1nc(NC(C)c2n[nH]c(=O)[nH]2)c2cnn(C)c2n1. The number of aromatic nitrogens is 7. The molecule has 0 amide bonds. The molecule has 3 N–H and O–H groups in total. The predicted octanol–water partition coefficient (Wildman–Crippen LogP) is 0.900. The second kappa shape index (κ2) is 5.58. The minimum Gasteiger partial charge on any atom is -0.360 e. The number of rotatable bonds is 5. The third kappa shape index (κ3) is 2.57. The van der Waals surface area contributed by atoms with Gasteiger partial charge in [-0.15, -0.1) is 0 Å². The molecule has 1 unspecified atom stereocenters. The van der Waals surface area contributed by atoms with Crippen molar-refractivity contribution in [3.63, 3.8) is 0 Å². The lowest BCUT2D eigenvalue weighted by molar-refractivity contribution is 0.766. The quantitative estimate of drug-likeness (QED) is 0.644. The van der Waals surface area contributed by atoms with Gasteiger partial charge >= 0.3 is 5.69 Å². The molecule has 9 nitrogen and oxygen atoms in total. The van der Waals surface area contributed by atoms with E-state index in [2.05, 4.69) is 42.5 Å². The molecular weight excluding hydrogens is 284 g/mol. The Morgan fingerprint density at radius 3 is 2.91 bits per heavy atom. The average molecular weight is 302 g/mol. The number of anilines is 1. The van der Waals surface area contributed by atoms with Crippen molar-refractivity contribution in [1.29, 1.82) is 0 Å². The number of aromatic amines is 2. The molecule has 0 radical (unpaired) electrons. The van der Waals surface area contributed by atoms with Crippen molar-refractivity contribution in [2.75, 3.05) is 5.32 Å². The molecule has 0 aliphatic rings. The topological polar surface area (TPSA) is 117 Å². The molecule has 3 aromatic rings. The Kier molecular flexibility index (Phi) is 3.61. The van der Waals surface area contributed by atoms with E-state index >= 15 is 0 Å². The highest BCUT2D eigenvalue weighted by atomic mass is 16.1. The fraction of sp³-hybridized carbons (Fsp3) is 0.462. The summed E-state index contributed by atoms with van der Waals surface area (Å²) < 4.78 is 1.72. The Morgan fingerprint density at radius 1 is 1.41 bits per heavy atom. The molecule has 0 bridgehead atoms. The maximum absolute atomic E-state index is 11.2. The van der Waals surface area contributed by atoms with Gasteiger partial charge in [-0.25, -0.2) is 19.9 Å². The molecule has 0 saturated heterocycles. The molecule has 116 valence electrons.